The molecule has 7 nitrogen and oxygen atoms in total. The summed E-state index contributed by atoms with van der Waals surface area (Å²) < 4.78 is 5.21. The van der Waals surface area contributed by atoms with E-state index in [-0.39, 0.29) is 0 Å². The summed E-state index contributed by atoms with van der Waals surface area (Å²) in [6.07, 6.45) is 1.44. The van der Waals surface area contributed by atoms with Crippen molar-refractivity contribution < 1.29 is 4.74 Å². The van der Waals surface area contributed by atoms with E-state index in [0.717, 1.165) is 17.1 Å². The Morgan fingerprint density at radius 3 is 2.42 bits per heavy atom. The lowest BCUT2D eigenvalue weighted by Crippen LogP contribution is -2.13. The minimum absolute atomic E-state index is 0.406. The van der Waals surface area contributed by atoms with Gasteiger partial charge in [-0.25, -0.2) is 9.97 Å². The van der Waals surface area contributed by atoms with Gasteiger partial charge in [0.2, 0.25) is 0 Å². The Hall–Kier alpha value is -3.48. The van der Waals surface area contributed by atoms with Crippen molar-refractivity contribution in [3.05, 3.63) is 60.9 Å². The number of benzene rings is 2. The lowest BCUT2D eigenvalue weighted by molar-refractivity contribution is 0.415. The Balaban J connectivity index is 1.75. The first-order valence-corrected chi connectivity index (χ1v) is 7.35. The molecule has 0 fully saturated rings. The molecule has 0 radical (unpaired) electrons. The predicted molar refractivity (Wildman–Crippen MR) is 96.4 cm³/mol. The number of hydrogen-bond donors (Lipinski definition) is 4. The van der Waals surface area contributed by atoms with Gasteiger partial charge in [-0.1, -0.05) is 24.3 Å². The average Bonchev–Trinajstić information content (AvgIpc) is 2.63. The number of rotatable bonds is 6. The molecule has 0 saturated carbocycles. The van der Waals surface area contributed by atoms with Gasteiger partial charge in [0, 0.05) is 11.8 Å². The molecule has 1 heterocycles. The molecule has 3 rings (SSSR count). The second-order valence-electron chi connectivity index (χ2n) is 4.96. The van der Waals surface area contributed by atoms with Gasteiger partial charge in [0.25, 0.3) is 0 Å². The van der Waals surface area contributed by atoms with Crippen molar-refractivity contribution in [3.63, 3.8) is 0 Å². The number of aromatic nitrogens is 2. The zero-order valence-corrected chi connectivity index (χ0v) is 13.2. The van der Waals surface area contributed by atoms with Crippen molar-refractivity contribution in [3.8, 4) is 5.75 Å². The fourth-order valence-corrected chi connectivity index (χ4v) is 2.09. The van der Waals surface area contributed by atoms with E-state index in [9.17, 15) is 0 Å². The van der Waals surface area contributed by atoms with Crippen molar-refractivity contribution in [2.24, 2.45) is 0 Å². The van der Waals surface area contributed by atoms with E-state index in [0.29, 0.717) is 17.3 Å². The molecule has 0 unspecified atom stereocenters. The van der Waals surface area contributed by atoms with Gasteiger partial charge in [-0.05, 0) is 24.3 Å². The minimum Gasteiger partial charge on any atom is -0.497 e. The highest BCUT2D eigenvalue weighted by molar-refractivity contribution is 5.78. The molecule has 0 aliphatic rings. The van der Waals surface area contributed by atoms with E-state index in [1.54, 1.807) is 7.11 Å². The van der Waals surface area contributed by atoms with Crippen molar-refractivity contribution >= 4 is 28.7 Å². The molecule has 7 heteroatoms. The normalized spacial score (nSPS) is 10.0. The van der Waals surface area contributed by atoms with E-state index < -0.39 is 0 Å². The first-order chi connectivity index (χ1) is 11.8. The van der Waals surface area contributed by atoms with Crippen LogP contribution in [0.4, 0.5) is 28.7 Å². The van der Waals surface area contributed by atoms with Gasteiger partial charge >= 0.3 is 0 Å². The number of nitrogens with zero attached hydrogens (tertiary/aromatic N) is 2. The van der Waals surface area contributed by atoms with E-state index in [1.165, 1.54) is 6.33 Å². The maximum absolute atomic E-state index is 6.14. The molecule has 5 N–H and O–H groups in total. The Morgan fingerprint density at radius 1 is 0.875 bits per heavy atom. The third-order valence-electron chi connectivity index (χ3n) is 3.32. The molecule has 2 aromatic carbocycles. The zero-order valence-electron chi connectivity index (χ0n) is 13.2. The summed E-state index contributed by atoms with van der Waals surface area (Å²) in [5, 5.41) is 3.16. The first kappa shape index (κ1) is 15.4. The van der Waals surface area contributed by atoms with Crippen molar-refractivity contribution in [2.75, 3.05) is 29.0 Å². The van der Waals surface area contributed by atoms with Crippen LogP contribution < -0.4 is 26.6 Å². The number of anilines is 5. The fraction of sp³-hybridized carbons (Fsp3) is 0.0588. The summed E-state index contributed by atoms with van der Waals surface area (Å²) in [7, 11) is 1.62. The van der Waals surface area contributed by atoms with Crippen LogP contribution in [0.5, 0.6) is 5.75 Å². The van der Waals surface area contributed by atoms with Crippen molar-refractivity contribution in [1.29, 1.82) is 0 Å². The number of methoxy groups -OCH3 is 1. The highest BCUT2D eigenvalue weighted by Crippen LogP contribution is 2.27. The quantitative estimate of drug-likeness (QED) is 0.517. The summed E-state index contributed by atoms with van der Waals surface area (Å²) >= 11 is 0. The van der Waals surface area contributed by atoms with Crippen LogP contribution in [0, 0.1) is 0 Å². The van der Waals surface area contributed by atoms with Crippen LogP contribution in [0.25, 0.3) is 0 Å². The Kier molecular flexibility index (Phi) is 4.62. The summed E-state index contributed by atoms with van der Waals surface area (Å²) in [5.74, 6) is 1.74. The van der Waals surface area contributed by atoms with E-state index in [2.05, 4.69) is 26.1 Å². The van der Waals surface area contributed by atoms with E-state index in [4.69, 9.17) is 10.5 Å². The Morgan fingerprint density at radius 2 is 1.62 bits per heavy atom. The number of nitrogens with two attached hydrogens (primary N) is 1. The monoisotopic (exact) mass is 322 g/mol. The van der Waals surface area contributed by atoms with Gasteiger partial charge in [-0.2, -0.15) is 0 Å². The summed E-state index contributed by atoms with van der Waals surface area (Å²) in [6.45, 7) is 0. The highest BCUT2D eigenvalue weighted by Gasteiger charge is 2.08. The number of para-hydroxylation sites is 1. The summed E-state index contributed by atoms with van der Waals surface area (Å²) in [5.41, 5.74) is 14.3. The largest absolute Gasteiger partial charge is 0.497 e. The van der Waals surface area contributed by atoms with Crippen LogP contribution in [-0.2, 0) is 0 Å². The molecule has 0 aliphatic heterocycles. The molecule has 3 aromatic rings. The van der Waals surface area contributed by atoms with Crippen molar-refractivity contribution in [2.45, 2.75) is 0 Å². The van der Waals surface area contributed by atoms with Crippen molar-refractivity contribution in [1.82, 2.24) is 9.97 Å². The standard InChI is InChI=1S/C17H18N6O/c1-24-14-9-5-8-13(10-14)21-16-15(18)17(20-11-19-16)23-22-12-6-3-2-4-7-12/h2-11,22H,18H2,1H3,(H2,19,20,21,23). The number of ether oxygens (including phenoxy) is 1. The minimum atomic E-state index is 0.406. The van der Waals surface area contributed by atoms with Gasteiger partial charge in [-0.3, -0.25) is 10.9 Å². The van der Waals surface area contributed by atoms with Gasteiger partial charge < -0.3 is 15.8 Å². The average molecular weight is 322 g/mol. The van der Waals surface area contributed by atoms with Gasteiger partial charge in [0.15, 0.2) is 11.6 Å². The first-order valence-electron chi connectivity index (χ1n) is 7.35. The lowest BCUT2D eigenvalue weighted by atomic mass is 10.3. The lowest BCUT2D eigenvalue weighted by Gasteiger charge is -2.14. The molecule has 0 bridgehead atoms. The number of hydrazine groups is 1. The highest BCUT2D eigenvalue weighted by atomic mass is 16.5. The number of nitrogens with one attached hydrogen (secondary N) is 3. The molecule has 0 atom stereocenters. The molecule has 0 spiro atoms. The molecular formula is C17H18N6O. The van der Waals surface area contributed by atoms with E-state index >= 15 is 0 Å². The van der Waals surface area contributed by atoms with E-state index in [1.807, 2.05) is 54.6 Å². The number of hydrogen-bond acceptors (Lipinski definition) is 7. The van der Waals surface area contributed by atoms with Crippen LogP contribution in [0.3, 0.4) is 0 Å². The zero-order chi connectivity index (χ0) is 16.8. The molecule has 0 amide bonds. The molecule has 1 aromatic heterocycles. The van der Waals surface area contributed by atoms with Crippen LogP contribution in [0.2, 0.25) is 0 Å². The van der Waals surface area contributed by atoms with Gasteiger partial charge in [-0.15, -0.1) is 0 Å². The second kappa shape index (κ2) is 7.19. The Labute approximate surface area is 139 Å². The van der Waals surface area contributed by atoms with Crippen LogP contribution in [-0.4, -0.2) is 17.1 Å². The van der Waals surface area contributed by atoms with Crippen LogP contribution in [0.15, 0.2) is 60.9 Å². The maximum atomic E-state index is 6.14. The molecule has 0 aliphatic carbocycles. The predicted octanol–water partition coefficient (Wildman–Crippen LogP) is 3.25. The summed E-state index contributed by atoms with van der Waals surface area (Å²) in [4.78, 5) is 8.34. The topological polar surface area (TPSA) is 97.1 Å². The van der Waals surface area contributed by atoms with Gasteiger partial charge in [0.1, 0.15) is 17.8 Å². The summed E-state index contributed by atoms with van der Waals surface area (Å²) in [6, 6.07) is 17.2. The molecule has 0 saturated heterocycles. The third-order valence-corrected chi connectivity index (χ3v) is 3.32. The second-order valence-corrected chi connectivity index (χ2v) is 4.96. The SMILES string of the molecule is COc1cccc(Nc2ncnc(NNc3ccccc3)c2N)c1. The number of nitrogen functional groups attached to an aromatic ring is 1. The Bertz CT molecular complexity index is 809. The molecule has 24 heavy (non-hydrogen) atoms. The fourth-order valence-electron chi connectivity index (χ4n) is 2.09. The van der Waals surface area contributed by atoms with Crippen LogP contribution in [0.1, 0.15) is 0 Å². The maximum Gasteiger partial charge on any atom is 0.173 e. The molecular weight excluding hydrogens is 304 g/mol. The van der Waals surface area contributed by atoms with Gasteiger partial charge in [0.05, 0.1) is 12.8 Å². The third kappa shape index (κ3) is 3.64. The molecule has 122 valence electrons. The smallest absolute Gasteiger partial charge is 0.173 e. The van der Waals surface area contributed by atoms with Crippen LogP contribution >= 0.6 is 0 Å².